The monoisotopic (exact) mass is 396 g/mol. The Hall–Kier alpha value is -2.35. The fraction of sp³-hybridized carbons (Fsp3) is 0.500. The number of benzene rings is 1. The first-order valence-corrected chi connectivity index (χ1v) is 9.28. The molecule has 3 rings (SSSR count). The maximum atomic E-state index is 13.0. The Balaban J connectivity index is 1.63. The van der Waals surface area contributed by atoms with Gasteiger partial charge in [0.05, 0.1) is 18.7 Å². The van der Waals surface area contributed by atoms with Gasteiger partial charge in [0.15, 0.2) is 0 Å². The van der Waals surface area contributed by atoms with Gasteiger partial charge in [-0.25, -0.2) is 0 Å². The molecule has 8 heteroatoms. The minimum Gasteiger partial charge on any atom is -0.370 e. The molecule has 1 aromatic rings. The van der Waals surface area contributed by atoms with Gasteiger partial charge in [-0.2, -0.15) is 13.2 Å². The van der Waals surface area contributed by atoms with Crippen molar-refractivity contribution in [1.29, 1.82) is 0 Å². The van der Waals surface area contributed by atoms with E-state index < -0.39 is 17.8 Å². The molecule has 2 fully saturated rings. The summed E-state index contributed by atoms with van der Waals surface area (Å²) in [5.74, 6) is -0.345. The number of piperidine rings is 1. The van der Waals surface area contributed by atoms with Crippen molar-refractivity contribution in [3.63, 3.8) is 0 Å². The third-order valence-electron chi connectivity index (χ3n) is 5.29. The van der Waals surface area contributed by atoms with Crippen LogP contribution in [0.4, 0.5) is 13.2 Å². The number of carbonyl (C=O) groups is 2. The zero-order chi connectivity index (χ0) is 20.3. The van der Waals surface area contributed by atoms with E-state index in [2.05, 4.69) is 6.58 Å². The molecular weight excluding hydrogens is 373 g/mol. The molecule has 2 saturated heterocycles. The smallest absolute Gasteiger partial charge is 0.370 e. The standard InChI is InChI=1S/C20H23F3N2O3/c1-2-18(26)24-8-6-14(7-9-24)19(27)25-10-11-28-17(13-25)15-4-3-5-16(12-15)20(21,22)23/h2-5,12,14,17H,1,6-11,13H2. The molecule has 28 heavy (non-hydrogen) atoms. The van der Waals surface area contributed by atoms with Gasteiger partial charge >= 0.3 is 6.18 Å². The summed E-state index contributed by atoms with van der Waals surface area (Å²) in [5, 5.41) is 0. The summed E-state index contributed by atoms with van der Waals surface area (Å²) in [6.07, 6.45) is -2.59. The van der Waals surface area contributed by atoms with E-state index in [0.29, 0.717) is 38.0 Å². The second kappa shape index (κ2) is 8.34. The zero-order valence-corrected chi connectivity index (χ0v) is 15.5. The molecule has 0 radical (unpaired) electrons. The van der Waals surface area contributed by atoms with Gasteiger partial charge in [-0.3, -0.25) is 9.59 Å². The summed E-state index contributed by atoms with van der Waals surface area (Å²) in [6, 6.07) is 5.05. The van der Waals surface area contributed by atoms with Crippen LogP contribution in [0.25, 0.3) is 0 Å². The summed E-state index contributed by atoms with van der Waals surface area (Å²) in [4.78, 5) is 27.9. The molecule has 0 aromatic heterocycles. The Bertz CT molecular complexity index is 742. The number of carbonyl (C=O) groups excluding carboxylic acids is 2. The van der Waals surface area contributed by atoms with Crippen molar-refractivity contribution >= 4 is 11.8 Å². The predicted molar refractivity (Wildman–Crippen MR) is 96.2 cm³/mol. The highest BCUT2D eigenvalue weighted by molar-refractivity contribution is 5.87. The zero-order valence-electron chi connectivity index (χ0n) is 15.5. The first-order chi connectivity index (χ1) is 13.3. The first kappa shape index (κ1) is 20.4. The van der Waals surface area contributed by atoms with Gasteiger partial charge in [0.2, 0.25) is 11.8 Å². The Morgan fingerprint density at radius 2 is 1.86 bits per heavy atom. The highest BCUT2D eigenvalue weighted by Gasteiger charge is 2.34. The van der Waals surface area contributed by atoms with Crippen molar-refractivity contribution in [3.8, 4) is 0 Å². The summed E-state index contributed by atoms with van der Waals surface area (Å²) in [7, 11) is 0. The van der Waals surface area contributed by atoms with E-state index in [1.807, 2.05) is 0 Å². The molecular formula is C20H23F3N2O3. The van der Waals surface area contributed by atoms with Crippen LogP contribution in [0.2, 0.25) is 0 Å². The molecule has 1 aromatic carbocycles. The van der Waals surface area contributed by atoms with Crippen LogP contribution in [0.3, 0.4) is 0 Å². The summed E-state index contributed by atoms with van der Waals surface area (Å²) >= 11 is 0. The number of morpholine rings is 1. The van der Waals surface area contributed by atoms with Crippen molar-refractivity contribution in [2.45, 2.75) is 25.1 Å². The van der Waals surface area contributed by atoms with Gasteiger partial charge in [-0.15, -0.1) is 0 Å². The molecule has 0 bridgehead atoms. The molecule has 2 heterocycles. The van der Waals surface area contributed by atoms with Crippen LogP contribution >= 0.6 is 0 Å². The molecule has 1 atom stereocenters. The van der Waals surface area contributed by atoms with E-state index in [1.165, 1.54) is 12.1 Å². The van der Waals surface area contributed by atoms with Gasteiger partial charge in [0, 0.05) is 25.6 Å². The normalized spacial score (nSPS) is 21.5. The number of halogens is 3. The average molecular weight is 396 g/mol. The third kappa shape index (κ3) is 4.55. The van der Waals surface area contributed by atoms with Crippen LogP contribution in [-0.2, 0) is 20.5 Å². The lowest BCUT2D eigenvalue weighted by atomic mass is 9.94. The molecule has 0 aliphatic carbocycles. The number of ether oxygens (including phenoxy) is 1. The van der Waals surface area contributed by atoms with Gasteiger partial charge in [-0.1, -0.05) is 18.7 Å². The Kier molecular flexibility index (Phi) is 6.07. The van der Waals surface area contributed by atoms with E-state index in [1.54, 1.807) is 15.9 Å². The lowest BCUT2D eigenvalue weighted by Gasteiger charge is -2.37. The Morgan fingerprint density at radius 1 is 1.14 bits per heavy atom. The van der Waals surface area contributed by atoms with E-state index in [-0.39, 0.29) is 30.9 Å². The molecule has 5 nitrogen and oxygen atoms in total. The van der Waals surface area contributed by atoms with Crippen molar-refractivity contribution in [1.82, 2.24) is 9.80 Å². The molecule has 2 aliphatic heterocycles. The van der Waals surface area contributed by atoms with E-state index >= 15 is 0 Å². The van der Waals surface area contributed by atoms with E-state index in [4.69, 9.17) is 4.74 Å². The SMILES string of the molecule is C=CC(=O)N1CCC(C(=O)N2CCOC(c3cccc(C(F)(F)F)c3)C2)CC1. The minimum absolute atomic E-state index is 0.0222. The lowest BCUT2D eigenvalue weighted by molar-refractivity contribution is -0.146. The maximum absolute atomic E-state index is 13.0. The molecule has 2 amide bonds. The number of hydrogen-bond acceptors (Lipinski definition) is 3. The van der Waals surface area contributed by atoms with Gasteiger partial charge in [0.1, 0.15) is 6.10 Å². The Labute approximate surface area is 161 Å². The second-order valence-electron chi connectivity index (χ2n) is 7.07. The van der Waals surface area contributed by atoms with Crippen LogP contribution in [0.1, 0.15) is 30.1 Å². The molecule has 152 valence electrons. The number of rotatable bonds is 3. The minimum atomic E-state index is -4.42. The van der Waals surface area contributed by atoms with Crippen LogP contribution in [0, 0.1) is 5.92 Å². The fourth-order valence-electron chi connectivity index (χ4n) is 3.70. The topological polar surface area (TPSA) is 49.9 Å². The second-order valence-corrected chi connectivity index (χ2v) is 7.07. The Morgan fingerprint density at radius 3 is 2.50 bits per heavy atom. The van der Waals surface area contributed by atoms with Crippen LogP contribution in [0.5, 0.6) is 0 Å². The number of amides is 2. The third-order valence-corrected chi connectivity index (χ3v) is 5.29. The van der Waals surface area contributed by atoms with Crippen LogP contribution in [-0.4, -0.2) is 54.4 Å². The van der Waals surface area contributed by atoms with E-state index in [0.717, 1.165) is 12.1 Å². The molecule has 0 N–H and O–H groups in total. The van der Waals surface area contributed by atoms with Gasteiger partial charge < -0.3 is 14.5 Å². The predicted octanol–water partition coefficient (Wildman–Crippen LogP) is 3.03. The number of nitrogens with zero attached hydrogens (tertiary/aromatic N) is 2. The van der Waals surface area contributed by atoms with Crippen LogP contribution < -0.4 is 0 Å². The van der Waals surface area contributed by atoms with Crippen molar-refractivity contribution in [3.05, 3.63) is 48.0 Å². The quantitative estimate of drug-likeness (QED) is 0.738. The molecule has 0 spiro atoms. The summed E-state index contributed by atoms with van der Waals surface area (Å²) in [6.45, 7) is 5.40. The fourth-order valence-corrected chi connectivity index (χ4v) is 3.70. The largest absolute Gasteiger partial charge is 0.416 e. The lowest BCUT2D eigenvalue weighted by Crippen LogP contribution is -2.48. The molecule has 0 saturated carbocycles. The van der Waals surface area contributed by atoms with Crippen LogP contribution in [0.15, 0.2) is 36.9 Å². The van der Waals surface area contributed by atoms with Gasteiger partial charge in [0.25, 0.3) is 0 Å². The highest BCUT2D eigenvalue weighted by atomic mass is 19.4. The summed E-state index contributed by atoms with van der Waals surface area (Å²) < 4.78 is 44.5. The van der Waals surface area contributed by atoms with Gasteiger partial charge in [-0.05, 0) is 36.6 Å². The molecule has 1 unspecified atom stereocenters. The first-order valence-electron chi connectivity index (χ1n) is 9.28. The number of hydrogen-bond donors (Lipinski definition) is 0. The molecule has 2 aliphatic rings. The van der Waals surface area contributed by atoms with E-state index in [9.17, 15) is 22.8 Å². The van der Waals surface area contributed by atoms with Crippen molar-refractivity contribution in [2.75, 3.05) is 32.8 Å². The highest BCUT2D eigenvalue weighted by Crippen LogP contribution is 2.32. The summed E-state index contributed by atoms with van der Waals surface area (Å²) in [5.41, 5.74) is -0.310. The maximum Gasteiger partial charge on any atom is 0.416 e. The number of likely N-dealkylation sites (tertiary alicyclic amines) is 1. The number of alkyl halides is 3. The average Bonchev–Trinajstić information content (AvgIpc) is 2.72. The van der Waals surface area contributed by atoms with Crippen molar-refractivity contribution < 1.29 is 27.5 Å². The van der Waals surface area contributed by atoms with Crippen molar-refractivity contribution in [2.24, 2.45) is 5.92 Å².